The van der Waals surface area contributed by atoms with E-state index in [-0.39, 0.29) is 6.10 Å². The zero-order chi connectivity index (χ0) is 13.8. The molecule has 1 aromatic heterocycles. The minimum Gasteiger partial charge on any atom is -0.368 e. The molecule has 1 saturated carbocycles. The number of morpholine rings is 1. The standard InChI is InChI=1S/C15H26N4O/c1-18-12-16-17-15(18)14-11-19(9-10-20-14)8-4-7-13-5-2-3-6-13/h12-14H,2-11H2,1H3/t14-/m1/s1. The van der Waals surface area contributed by atoms with Crippen molar-refractivity contribution in [2.75, 3.05) is 26.2 Å². The first-order valence-corrected chi connectivity index (χ1v) is 8.01. The molecule has 5 heteroatoms. The second-order valence-electron chi connectivity index (χ2n) is 6.25. The van der Waals surface area contributed by atoms with Gasteiger partial charge in [0, 0.05) is 20.1 Å². The molecule has 2 heterocycles. The molecule has 0 unspecified atom stereocenters. The molecule has 1 saturated heterocycles. The number of ether oxygens (including phenoxy) is 1. The molecule has 0 aromatic carbocycles. The molecule has 0 N–H and O–H groups in total. The fourth-order valence-electron chi connectivity index (χ4n) is 3.55. The maximum Gasteiger partial charge on any atom is 0.163 e. The monoisotopic (exact) mass is 278 g/mol. The van der Waals surface area contributed by atoms with Crippen LogP contribution in [0.5, 0.6) is 0 Å². The summed E-state index contributed by atoms with van der Waals surface area (Å²) in [6.07, 6.45) is 10.4. The van der Waals surface area contributed by atoms with Gasteiger partial charge >= 0.3 is 0 Å². The first-order chi connectivity index (χ1) is 9.83. The van der Waals surface area contributed by atoms with E-state index < -0.39 is 0 Å². The molecule has 1 aromatic rings. The van der Waals surface area contributed by atoms with Crippen molar-refractivity contribution in [2.24, 2.45) is 13.0 Å². The quantitative estimate of drug-likeness (QED) is 0.828. The van der Waals surface area contributed by atoms with Gasteiger partial charge in [0.1, 0.15) is 12.4 Å². The third-order valence-corrected chi connectivity index (χ3v) is 4.75. The van der Waals surface area contributed by atoms with Crippen molar-refractivity contribution in [3.8, 4) is 0 Å². The Bertz CT molecular complexity index is 414. The molecule has 0 bridgehead atoms. The highest BCUT2D eigenvalue weighted by Gasteiger charge is 2.25. The van der Waals surface area contributed by atoms with Crippen LogP contribution < -0.4 is 0 Å². The molecule has 5 nitrogen and oxygen atoms in total. The zero-order valence-corrected chi connectivity index (χ0v) is 12.5. The van der Waals surface area contributed by atoms with Gasteiger partial charge in [-0.25, -0.2) is 0 Å². The molecule has 2 fully saturated rings. The fraction of sp³-hybridized carbons (Fsp3) is 0.867. The summed E-state index contributed by atoms with van der Waals surface area (Å²) in [6, 6.07) is 0. The molecule has 3 rings (SSSR count). The van der Waals surface area contributed by atoms with Crippen molar-refractivity contribution in [2.45, 2.75) is 44.6 Å². The largest absolute Gasteiger partial charge is 0.368 e. The van der Waals surface area contributed by atoms with Gasteiger partial charge in [-0.3, -0.25) is 4.90 Å². The Labute approximate surface area is 121 Å². The van der Waals surface area contributed by atoms with Crippen molar-refractivity contribution in [1.82, 2.24) is 19.7 Å². The molecule has 1 atom stereocenters. The second-order valence-corrected chi connectivity index (χ2v) is 6.25. The number of hydrogen-bond acceptors (Lipinski definition) is 4. The minimum absolute atomic E-state index is 0.0859. The predicted octanol–water partition coefficient (Wildman–Crippen LogP) is 2.16. The van der Waals surface area contributed by atoms with Crippen molar-refractivity contribution >= 4 is 0 Å². The van der Waals surface area contributed by atoms with Gasteiger partial charge < -0.3 is 9.30 Å². The van der Waals surface area contributed by atoms with E-state index in [2.05, 4.69) is 15.1 Å². The predicted molar refractivity (Wildman–Crippen MR) is 77.3 cm³/mol. The van der Waals surface area contributed by atoms with Gasteiger partial charge in [0.2, 0.25) is 0 Å². The average Bonchev–Trinajstić information content (AvgIpc) is 3.11. The van der Waals surface area contributed by atoms with Crippen LogP contribution in [-0.4, -0.2) is 45.9 Å². The second kappa shape index (κ2) is 6.68. The van der Waals surface area contributed by atoms with Crippen LogP contribution in [-0.2, 0) is 11.8 Å². The Morgan fingerprint density at radius 1 is 1.35 bits per heavy atom. The lowest BCUT2D eigenvalue weighted by atomic mass is 10.0. The van der Waals surface area contributed by atoms with Gasteiger partial charge in [-0.1, -0.05) is 25.7 Å². The molecule has 0 spiro atoms. The molecule has 1 aliphatic carbocycles. The Kier molecular flexibility index (Phi) is 4.68. The summed E-state index contributed by atoms with van der Waals surface area (Å²) in [5.41, 5.74) is 0. The lowest BCUT2D eigenvalue weighted by molar-refractivity contribution is -0.0362. The van der Waals surface area contributed by atoms with Gasteiger partial charge in [-0.05, 0) is 25.3 Å². The average molecular weight is 278 g/mol. The Hall–Kier alpha value is -0.940. The van der Waals surface area contributed by atoms with Gasteiger partial charge in [-0.15, -0.1) is 10.2 Å². The van der Waals surface area contributed by atoms with Crippen LogP contribution in [0.3, 0.4) is 0 Å². The minimum atomic E-state index is 0.0859. The normalized spacial score (nSPS) is 25.4. The lowest BCUT2D eigenvalue weighted by Crippen LogP contribution is -2.39. The van der Waals surface area contributed by atoms with Crippen molar-refractivity contribution in [3.63, 3.8) is 0 Å². The molecule has 20 heavy (non-hydrogen) atoms. The van der Waals surface area contributed by atoms with Crippen LogP contribution >= 0.6 is 0 Å². The first-order valence-electron chi connectivity index (χ1n) is 8.01. The summed E-state index contributed by atoms with van der Waals surface area (Å²) >= 11 is 0. The molecular formula is C15H26N4O. The van der Waals surface area contributed by atoms with E-state index >= 15 is 0 Å². The van der Waals surface area contributed by atoms with Crippen LogP contribution in [0.4, 0.5) is 0 Å². The van der Waals surface area contributed by atoms with Gasteiger partial charge in [-0.2, -0.15) is 0 Å². The highest BCUT2D eigenvalue weighted by molar-refractivity contribution is 4.93. The molecule has 1 aliphatic heterocycles. The summed E-state index contributed by atoms with van der Waals surface area (Å²) < 4.78 is 7.81. The topological polar surface area (TPSA) is 43.2 Å². The first kappa shape index (κ1) is 14.0. The number of aromatic nitrogens is 3. The van der Waals surface area contributed by atoms with Crippen LogP contribution in [0, 0.1) is 5.92 Å². The highest BCUT2D eigenvalue weighted by atomic mass is 16.5. The molecular weight excluding hydrogens is 252 g/mol. The molecule has 2 aliphatic rings. The fourth-order valence-corrected chi connectivity index (χ4v) is 3.55. The summed E-state index contributed by atoms with van der Waals surface area (Å²) in [7, 11) is 1.98. The van der Waals surface area contributed by atoms with E-state index in [1.54, 1.807) is 6.33 Å². The maximum absolute atomic E-state index is 5.85. The molecule has 112 valence electrons. The van der Waals surface area contributed by atoms with E-state index in [0.29, 0.717) is 0 Å². The number of nitrogens with zero attached hydrogens (tertiary/aromatic N) is 4. The van der Waals surface area contributed by atoms with E-state index in [0.717, 1.165) is 31.4 Å². The Morgan fingerprint density at radius 2 is 2.20 bits per heavy atom. The van der Waals surface area contributed by atoms with Crippen LogP contribution in [0.1, 0.15) is 50.5 Å². The van der Waals surface area contributed by atoms with E-state index in [1.165, 1.54) is 45.1 Å². The van der Waals surface area contributed by atoms with Gasteiger partial charge in [0.15, 0.2) is 5.82 Å². The summed E-state index contributed by atoms with van der Waals surface area (Å²) in [4.78, 5) is 2.53. The third-order valence-electron chi connectivity index (χ3n) is 4.75. The lowest BCUT2D eigenvalue weighted by Gasteiger charge is -2.32. The maximum atomic E-state index is 5.85. The van der Waals surface area contributed by atoms with Gasteiger partial charge in [0.25, 0.3) is 0 Å². The van der Waals surface area contributed by atoms with E-state index in [1.807, 2.05) is 11.6 Å². The molecule has 0 radical (unpaired) electrons. The smallest absolute Gasteiger partial charge is 0.163 e. The van der Waals surface area contributed by atoms with Crippen molar-refractivity contribution in [3.05, 3.63) is 12.2 Å². The summed E-state index contributed by atoms with van der Waals surface area (Å²) in [5, 5.41) is 8.13. The highest BCUT2D eigenvalue weighted by Crippen LogP contribution is 2.29. The van der Waals surface area contributed by atoms with Crippen LogP contribution in [0.25, 0.3) is 0 Å². The summed E-state index contributed by atoms with van der Waals surface area (Å²) in [6.45, 7) is 4.02. The SMILES string of the molecule is Cn1cnnc1[C@H]1CN(CCCC2CCCC2)CCO1. The number of aryl methyl sites for hydroxylation is 1. The van der Waals surface area contributed by atoms with E-state index in [9.17, 15) is 0 Å². The van der Waals surface area contributed by atoms with Crippen molar-refractivity contribution in [1.29, 1.82) is 0 Å². The van der Waals surface area contributed by atoms with Crippen molar-refractivity contribution < 1.29 is 4.74 Å². The summed E-state index contributed by atoms with van der Waals surface area (Å²) in [5.74, 6) is 1.95. The van der Waals surface area contributed by atoms with E-state index in [4.69, 9.17) is 4.74 Å². The Balaban J connectivity index is 1.44. The zero-order valence-electron chi connectivity index (χ0n) is 12.5. The van der Waals surface area contributed by atoms with Gasteiger partial charge in [0.05, 0.1) is 6.61 Å². The number of hydrogen-bond donors (Lipinski definition) is 0. The number of rotatable bonds is 5. The Morgan fingerprint density at radius 3 is 2.95 bits per heavy atom. The molecule has 0 amide bonds. The van der Waals surface area contributed by atoms with Crippen LogP contribution in [0.15, 0.2) is 6.33 Å². The van der Waals surface area contributed by atoms with Crippen LogP contribution in [0.2, 0.25) is 0 Å². The third kappa shape index (κ3) is 3.38.